The summed E-state index contributed by atoms with van der Waals surface area (Å²) in [6.07, 6.45) is -3.94. The van der Waals surface area contributed by atoms with Crippen LogP contribution >= 0.6 is 31.9 Å². The lowest BCUT2D eigenvalue weighted by Crippen LogP contribution is -2.41. The van der Waals surface area contributed by atoms with Gasteiger partial charge in [0.1, 0.15) is 0 Å². The van der Waals surface area contributed by atoms with Crippen molar-refractivity contribution >= 4 is 41.9 Å². The molecule has 0 fully saturated rings. The van der Waals surface area contributed by atoms with Crippen LogP contribution in [-0.4, -0.2) is 27.3 Å². The van der Waals surface area contributed by atoms with Crippen molar-refractivity contribution in [1.82, 2.24) is 4.72 Å². The van der Waals surface area contributed by atoms with Crippen molar-refractivity contribution in [2.75, 3.05) is 6.54 Å². The number of halogens is 6. The summed E-state index contributed by atoms with van der Waals surface area (Å²) in [4.78, 5) is -0.319. The number of hydrogen-bond acceptors (Lipinski definition) is 2. The van der Waals surface area contributed by atoms with Gasteiger partial charge in [-0.3, -0.25) is 0 Å². The van der Waals surface area contributed by atoms with Crippen molar-refractivity contribution in [3.8, 4) is 0 Å². The Hall–Kier alpha value is -0.190. The summed E-state index contributed by atoms with van der Waals surface area (Å²) < 4.78 is 74.7. The van der Waals surface area contributed by atoms with Crippen molar-refractivity contribution in [3.05, 3.63) is 27.1 Å². The highest BCUT2D eigenvalue weighted by Gasteiger charge is 2.41. The Labute approximate surface area is 123 Å². The van der Waals surface area contributed by atoms with Gasteiger partial charge in [-0.25, -0.2) is 21.9 Å². The third kappa shape index (κ3) is 4.40. The first kappa shape index (κ1) is 16.9. The van der Waals surface area contributed by atoms with Gasteiger partial charge in [-0.2, -0.15) is 8.78 Å². The molecule has 10 heteroatoms. The first-order valence-electron chi connectivity index (χ1n) is 4.67. The van der Waals surface area contributed by atoms with E-state index in [1.54, 1.807) is 0 Å². The summed E-state index contributed by atoms with van der Waals surface area (Å²) in [6.45, 7) is -1.67. The van der Waals surface area contributed by atoms with Gasteiger partial charge < -0.3 is 0 Å². The second kappa shape index (κ2) is 6.06. The molecule has 0 saturated carbocycles. The van der Waals surface area contributed by atoms with E-state index in [0.29, 0.717) is 4.47 Å². The van der Waals surface area contributed by atoms with Crippen LogP contribution in [0.3, 0.4) is 0 Å². The molecule has 1 aromatic carbocycles. The maximum atomic E-state index is 12.7. The zero-order valence-electron chi connectivity index (χ0n) is 9.01. The van der Waals surface area contributed by atoms with Gasteiger partial charge >= 0.3 is 12.3 Å². The fourth-order valence-corrected chi connectivity index (χ4v) is 3.83. The van der Waals surface area contributed by atoms with Crippen LogP contribution in [0.15, 0.2) is 32.0 Å². The van der Waals surface area contributed by atoms with Crippen molar-refractivity contribution in [2.24, 2.45) is 0 Å². The normalized spacial score (nSPS) is 13.0. The van der Waals surface area contributed by atoms with Crippen LogP contribution in [0, 0.1) is 0 Å². The first-order valence-corrected chi connectivity index (χ1v) is 7.74. The topological polar surface area (TPSA) is 46.2 Å². The van der Waals surface area contributed by atoms with Crippen molar-refractivity contribution in [3.63, 3.8) is 0 Å². The van der Waals surface area contributed by atoms with Gasteiger partial charge in [0.2, 0.25) is 10.0 Å². The molecule has 108 valence electrons. The van der Waals surface area contributed by atoms with Gasteiger partial charge in [-0.05, 0) is 34.1 Å². The third-order valence-corrected chi connectivity index (χ3v) is 4.87. The quantitative estimate of drug-likeness (QED) is 0.730. The smallest absolute Gasteiger partial charge is 0.207 e. The van der Waals surface area contributed by atoms with Gasteiger partial charge in [0.05, 0.1) is 11.4 Å². The van der Waals surface area contributed by atoms with Crippen LogP contribution in [0.5, 0.6) is 0 Å². The Morgan fingerprint density at radius 3 is 2.32 bits per heavy atom. The lowest BCUT2D eigenvalue weighted by molar-refractivity contribution is -0.122. The highest BCUT2D eigenvalue weighted by Crippen LogP contribution is 2.27. The Morgan fingerprint density at radius 1 is 1.26 bits per heavy atom. The van der Waals surface area contributed by atoms with E-state index in [9.17, 15) is 26.0 Å². The summed E-state index contributed by atoms with van der Waals surface area (Å²) >= 11 is 6.04. The number of hydrogen-bond donors (Lipinski definition) is 1. The molecule has 19 heavy (non-hydrogen) atoms. The minimum Gasteiger partial charge on any atom is -0.207 e. The van der Waals surface area contributed by atoms with Gasteiger partial charge in [-0.15, -0.1) is 0 Å². The molecule has 0 aliphatic heterocycles. The van der Waals surface area contributed by atoms with Crippen LogP contribution in [0.2, 0.25) is 0 Å². The van der Waals surface area contributed by atoms with E-state index < -0.39 is 28.9 Å². The van der Waals surface area contributed by atoms with E-state index in [-0.39, 0.29) is 9.37 Å². The summed E-state index contributed by atoms with van der Waals surface area (Å²) in [7, 11) is -4.31. The maximum absolute atomic E-state index is 12.7. The Morgan fingerprint density at radius 2 is 1.84 bits per heavy atom. The molecule has 1 rings (SSSR count). The molecular formula is C9H7Br2F4NO2S. The Kier molecular flexibility index (Phi) is 5.38. The van der Waals surface area contributed by atoms with Crippen LogP contribution in [0.25, 0.3) is 0 Å². The first-order chi connectivity index (χ1) is 8.56. The standard InChI is InChI=1S/C9H7Br2F4NO2S/c10-5-1-2-7(6(11)3-5)19(17,18)16-4-9(14,15)8(12)13/h1-3,8,16H,4H2. The zero-order chi connectivity index (χ0) is 14.8. The highest BCUT2D eigenvalue weighted by atomic mass is 79.9. The molecule has 0 spiro atoms. The second-order valence-electron chi connectivity index (χ2n) is 3.46. The number of benzene rings is 1. The number of sulfonamides is 1. The SMILES string of the molecule is O=S(=O)(NCC(F)(F)C(F)F)c1ccc(Br)cc1Br. The zero-order valence-corrected chi connectivity index (χ0v) is 13.0. The molecule has 0 aliphatic carbocycles. The Bertz CT molecular complexity index is 565. The van der Waals surface area contributed by atoms with Crippen molar-refractivity contribution in [1.29, 1.82) is 0 Å². The average molecular weight is 429 g/mol. The Balaban J connectivity index is 2.94. The summed E-state index contributed by atoms with van der Waals surface area (Å²) in [5, 5.41) is 0. The summed E-state index contributed by atoms with van der Waals surface area (Å²) in [6, 6.07) is 3.92. The third-order valence-electron chi connectivity index (χ3n) is 2.00. The predicted octanol–water partition coefficient (Wildman–Crippen LogP) is 3.39. The molecule has 0 aliphatic rings. The molecule has 0 heterocycles. The fourth-order valence-electron chi connectivity index (χ4n) is 1.04. The molecule has 1 N–H and O–H groups in total. The number of alkyl halides is 4. The van der Waals surface area contributed by atoms with Crippen molar-refractivity contribution < 1.29 is 26.0 Å². The highest BCUT2D eigenvalue weighted by molar-refractivity contribution is 9.11. The maximum Gasteiger partial charge on any atom is 0.320 e. The molecule has 1 aromatic rings. The number of nitrogens with one attached hydrogen (secondary N) is 1. The average Bonchev–Trinajstić information content (AvgIpc) is 2.26. The number of rotatable bonds is 5. The van der Waals surface area contributed by atoms with E-state index in [4.69, 9.17) is 0 Å². The molecule has 0 unspecified atom stereocenters. The largest absolute Gasteiger partial charge is 0.320 e. The van der Waals surface area contributed by atoms with Crippen LogP contribution in [0.4, 0.5) is 17.6 Å². The van der Waals surface area contributed by atoms with E-state index in [0.717, 1.165) is 6.07 Å². The van der Waals surface area contributed by atoms with E-state index in [1.165, 1.54) is 16.9 Å². The molecule has 3 nitrogen and oxygen atoms in total. The van der Waals surface area contributed by atoms with Crippen molar-refractivity contribution in [2.45, 2.75) is 17.2 Å². The van der Waals surface area contributed by atoms with Crippen LogP contribution in [-0.2, 0) is 10.0 Å². The van der Waals surface area contributed by atoms with Crippen LogP contribution in [0.1, 0.15) is 0 Å². The molecule has 0 amide bonds. The molecule has 0 aromatic heterocycles. The summed E-state index contributed by atoms with van der Waals surface area (Å²) in [5.74, 6) is -4.42. The minimum absolute atomic E-state index is 0.120. The second-order valence-corrected chi connectivity index (χ2v) is 6.97. The molecule has 0 bridgehead atoms. The molecule has 0 saturated heterocycles. The molecule has 0 atom stereocenters. The molecule has 0 radical (unpaired) electrons. The van der Waals surface area contributed by atoms with Gasteiger partial charge in [0, 0.05) is 8.95 Å². The van der Waals surface area contributed by atoms with Gasteiger partial charge in [-0.1, -0.05) is 15.9 Å². The van der Waals surface area contributed by atoms with Crippen LogP contribution < -0.4 is 4.72 Å². The monoisotopic (exact) mass is 427 g/mol. The van der Waals surface area contributed by atoms with E-state index in [2.05, 4.69) is 31.9 Å². The lowest BCUT2D eigenvalue weighted by Gasteiger charge is -2.16. The fraction of sp³-hybridized carbons (Fsp3) is 0.333. The lowest BCUT2D eigenvalue weighted by atomic mass is 10.4. The summed E-state index contributed by atoms with van der Waals surface area (Å²) in [5.41, 5.74) is 0. The minimum atomic E-state index is -4.42. The van der Waals surface area contributed by atoms with E-state index in [1.807, 2.05) is 0 Å². The molecular weight excluding hydrogens is 422 g/mol. The van der Waals surface area contributed by atoms with Gasteiger partial charge in [0.25, 0.3) is 0 Å². The van der Waals surface area contributed by atoms with E-state index >= 15 is 0 Å². The van der Waals surface area contributed by atoms with Gasteiger partial charge in [0.15, 0.2) is 0 Å². The predicted molar refractivity (Wildman–Crippen MR) is 68.0 cm³/mol.